The number of aryl methyl sites for hydroxylation is 1. The number of hydrogen-bond acceptors (Lipinski definition) is 3. The van der Waals surface area contributed by atoms with Gasteiger partial charge in [-0.3, -0.25) is 0 Å². The zero-order chi connectivity index (χ0) is 14.8. The molecule has 3 nitrogen and oxygen atoms in total. The average Bonchev–Trinajstić information content (AvgIpc) is 2.71. The van der Waals surface area contributed by atoms with Crippen LogP contribution in [0.2, 0.25) is 5.02 Å². The Morgan fingerprint density at radius 2 is 1.81 bits per heavy atom. The second-order valence-corrected chi connectivity index (χ2v) is 5.67. The molecule has 0 radical (unpaired) electrons. The Bertz CT molecular complexity index is 657. The van der Waals surface area contributed by atoms with E-state index in [2.05, 4.69) is 0 Å². The quantitative estimate of drug-likeness (QED) is 0.916. The maximum absolute atomic E-state index is 6.36. The average molecular weight is 304 g/mol. The molecule has 2 aromatic rings. The Morgan fingerprint density at radius 1 is 1.05 bits per heavy atom. The van der Waals surface area contributed by atoms with Crippen LogP contribution in [-0.4, -0.2) is 13.2 Å². The number of hydrogen-bond donors (Lipinski definition) is 1. The van der Waals surface area contributed by atoms with E-state index in [-0.39, 0.29) is 6.04 Å². The van der Waals surface area contributed by atoms with Gasteiger partial charge in [-0.25, -0.2) is 0 Å². The van der Waals surface area contributed by atoms with Crippen LogP contribution in [0.25, 0.3) is 0 Å². The largest absolute Gasteiger partial charge is 0.490 e. The van der Waals surface area contributed by atoms with Gasteiger partial charge < -0.3 is 15.2 Å². The molecule has 1 aliphatic heterocycles. The van der Waals surface area contributed by atoms with Gasteiger partial charge in [0.25, 0.3) is 0 Å². The molecule has 0 bridgehead atoms. The molecular formula is C17H18ClNO2. The molecule has 1 aliphatic rings. The fraction of sp³-hybridized carbons (Fsp3) is 0.294. The Morgan fingerprint density at radius 3 is 2.57 bits per heavy atom. The minimum absolute atomic E-state index is 0.282. The molecular weight excluding hydrogens is 286 g/mol. The standard InChI is InChI=1S/C17H18ClNO2/c1-11-3-5-13(14(18)9-11)17(19)12-4-6-15-16(10-12)21-8-2-7-20-15/h3-6,9-10,17H,2,7-8,19H2,1H3. The molecule has 110 valence electrons. The molecule has 21 heavy (non-hydrogen) atoms. The van der Waals surface area contributed by atoms with Crippen molar-refractivity contribution in [3.05, 3.63) is 58.1 Å². The SMILES string of the molecule is Cc1ccc(C(N)c2ccc3c(c2)OCCCO3)c(Cl)c1. The van der Waals surface area contributed by atoms with E-state index in [1.54, 1.807) is 0 Å². The van der Waals surface area contributed by atoms with E-state index in [0.29, 0.717) is 18.2 Å². The lowest BCUT2D eigenvalue weighted by Crippen LogP contribution is -2.12. The van der Waals surface area contributed by atoms with E-state index in [1.165, 1.54) is 0 Å². The van der Waals surface area contributed by atoms with Crippen molar-refractivity contribution in [1.82, 2.24) is 0 Å². The van der Waals surface area contributed by atoms with Crippen molar-refractivity contribution in [2.24, 2.45) is 5.73 Å². The zero-order valence-electron chi connectivity index (χ0n) is 11.9. The number of benzene rings is 2. The molecule has 0 aromatic heterocycles. The topological polar surface area (TPSA) is 44.5 Å². The maximum atomic E-state index is 6.36. The van der Waals surface area contributed by atoms with Crippen LogP contribution >= 0.6 is 11.6 Å². The van der Waals surface area contributed by atoms with E-state index in [9.17, 15) is 0 Å². The summed E-state index contributed by atoms with van der Waals surface area (Å²) in [6.07, 6.45) is 0.889. The van der Waals surface area contributed by atoms with Crippen molar-refractivity contribution >= 4 is 11.6 Å². The van der Waals surface area contributed by atoms with Crippen molar-refractivity contribution in [2.45, 2.75) is 19.4 Å². The van der Waals surface area contributed by atoms with Crippen LogP contribution in [0, 0.1) is 6.92 Å². The van der Waals surface area contributed by atoms with Crippen molar-refractivity contribution < 1.29 is 9.47 Å². The van der Waals surface area contributed by atoms with Gasteiger partial charge in [0.15, 0.2) is 11.5 Å². The summed E-state index contributed by atoms with van der Waals surface area (Å²) in [5, 5.41) is 0.689. The van der Waals surface area contributed by atoms with Gasteiger partial charge in [0.1, 0.15) is 0 Å². The fourth-order valence-electron chi connectivity index (χ4n) is 2.44. The van der Waals surface area contributed by atoms with Gasteiger partial charge in [-0.2, -0.15) is 0 Å². The summed E-state index contributed by atoms with van der Waals surface area (Å²) in [5.41, 5.74) is 9.36. The molecule has 0 fully saturated rings. The highest BCUT2D eigenvalue weighted by Crippen LogP contribution is 2.34. The first-order chi connectivity index (χ1) is 10.1. The normalized spacial score (nSPS) is 15.4. The lowest BCUT2D eigenvalue weighted by molar-refractivity contribution is 0.297. The molecule has 0 amide bonds. The van der Waals surface area contributed by atoms with E-state index in [4.69, 9.17) is 26.8 Å². The number of halogens is 1. The molecule has 3 rings (SSSR count). The Labute approximate surface area is 129 Å². The van der Waals surface area contributed by atoms with E-state index in [0.717, 1.165) is 34.6 Å². The highest BCUT2D eigenvalue weighted by atomic mass is 35.5. The molecule has 0 saturated carbocycles. The Balaban J connectivity index is 1.94. The molecule has 0 saturated heterocycles. The molecule has 0 spiro atoms. The van der Waals surface area contributed by atoms with Gasteiger partial charge in [0.2, 0.25) is 0 Å². The molecule has 0 aliphatic carbocycles. The smallest absolute Gasteiger partial charge is 0.161 e. The molecule has 1 unspecified atom stereocenters. The monoisotopic (exact) mass is 303 g/mol. The van der Waals surface area contributed by atoms with E-state index >= 15 is 0 Å². The van der Waals surface area contributed by atoms with Crippen molar-refractivity contribution in [2.75, 3.05) is 13.2 Å². The Hall–Kier alpha value is -1.71. The summed E-state index contributed by atoms with van der Waals surface area (Å²) in [4.78, 5) is 0. The number of ether oxygens (including phenoxy) is 2. The van der Waals surface area contributed by atoms with Crippen LogP contribution in [0.4, 0.5) is 0 Å². The molecule has 1 atom stereocenters. The third-order valence-corrected chi connectivity index (χ3v) is 3.95. The van der Waals surface area contributed by atoms with Gasteiger partial charge in [0, 0.05) is 11.4 Å². The van der Waals surface area contributed by atoms with Gasteiger partial charge in [-0.15, -0.1) is 0 Å². The van der Waals surface area contributed by atoms with Gasteiger partial charge in [-0.05, 0) is 41.8 Å². The first-order valence-corrected chi connectivity index (χ1v) is 7.44. The lowest BCUT2D eigenvalue weighted by Gasteiger charge is -2.16. The summed E-state index contributed by atoms with van der Waals surface area (Å²) in [5.74, 6) is 1.53. The van der Waals surface area contributed by atoms with Crippen LogP contribution in [0.15, 0.2) is 36.4 Å². The predicted molar refractivity (Wildman–Crippen MR) is 84.3 cm³/mol. The highest BCUT2D eigenvalue weighted by molar-refractivity contribution is 6.31. The molecule has 2 N–H and O–H groups in total. The molecule has 4 heteroatoms. The lowest BCUT2D eigenvalue weighted by atomic mass is 9.98. The Kier molecular flexibility index (Phi) is 4.04. The minimum atomic E-state index is -0.282. The van der Waals surface area contributed by atoms with Crippen LogP contribution in [0.3, 0.4) is 0 Å². The van der Waals surface area contributed by atoms with Crippen LogP contribution < -0.4 is 15.2 Å². The number of rotatable bonds is 2. The first-order valence-electron chi connectivity index (χ1n) is 7.06. The summed E-state index contributed by atoms with van der Waals surface area (Å²) >= 11 is 6.31. The summed E-state index contributed by atoms with van der Waals surface area (Å²) in [6.45, 7) is 3.36. The van der Waals surface area contributed by atoms with Crippen molar-refractivity contribution in [3.8, 4) is 11.5 Å². The van der Waals surface area contributed by atoms with Gasteiger partial charge >= 0.3 is 0 Å². The van der Waals surface area contributed by atoms with E-state index in [1.807, 2.05) is 43.3 Å². The number of nitrogens with two attached hydrogens (primary N) is 1. The predicted octanol–water partition coefficient (Wildman–Crippen LogP) is 3.86. The van der Waals surface area contributed by atoms with E-state index < -0.39 is 0 Å². The third-order valence-electron chi connectivity index (χ3n) is 3.62. The van der Waals surface area contributed by atoms with Crippen molar-refractivity contribution in [1.29, 1.82) is 0 Å². The first kappa shape index (κ1) is 14.2. The van der Waals surface area contributed by atoms with Gasteiger partial charge in [-0.1, -0.05) is 29.8 Å². The minimum Gasteiger partial charge on any atom is -0.490 e. The molecule has 1 heterocycles. The van der Waals surface area contributed by atoms with Crippen molar-refractivity contribution in [3.63, 3.8) is 0 Å². The third kappa shape index (κ3) is 2.99. The number of fused-ring (bicyclic) bond motifs is 1. The summed E-state index contributed by atoms with van der Waals surface area (Å²) in [7, 11) is 0. The fourth-order valence-corrected chi connectivity index (χ4v) is 2.79. The molecule has 2 aromatic carbocycles. The van der Waals surface area contributed by atoms with Crippen LogP contribution in [0.1, 0.15) is 29.2 Å². The highest BCUT2D eigenvalue weighted by Gasteiger charge is 2.16. The van der Waals surface area contributed by atoms with Gasteiger partial charge in [0.05, 0.1) is 19.3 Å². The van der Waals surface area contributed by atoms with Crippen LogP contribution in [0.5, 0.6) is 11.5 Å². The second-order valence-electron chi connectivity index (χ2n) is 5.26. The second kappa shape index (κ2) is 5.96. The van der Waals surface area contributed by atoms with Crippen LogP contribution in [-0.2, 0) is 0 Å². The zero-order valence-corrected chi connectivity index (χ0v) is 12.7. The maximum Gasteiger partial charge on any atom is 0.161 e. The summed E-state index contributed by atoms with van der Waals surface area (Å²) < 4.78 is 11.3. The summed E-state index contributed by atoms with van der Waals surface area (Å²) in [6, 6.07) is 11.5.